The number of nitrogens with one attached hydrogen (secondary N) is 1. The zero-order chi connectivity index (χ0) is 21.2. The Balaban J connectivity index is 1.37. The first-order valence-corrected chi connectivity index (χ1v) is 12.4. The summed E-state index contributed by atoms with van der Waals surface area (Å²) < 4.78 is 11.9. The van der Waals surface area contributed by atoms with E-state index in [4.69, 9.17) is 14.5 Å². The lowest BCUT2D eigenvalue weighted by atomic mass is 9.80. The molecule has 1 saturated heterocycles. The van der Waals surface area contributed by atoms with Crippen molar-refractivity contribution in [3.63, 3.8) is 0 Å². The van der Waals surface area contributed by atoms with Crippen LogP contribution in [0.4, 0.5) is 5.82 Å². The molecule has 1 atom stereocenters. The zero-order valence-electron chi connectivity index (χ0n) is 19.2. The maximum absolute atomic E-state index is 6.19. The minimum Gasteiger partial charge on any atom is -0.493 e. The molecule has 1 N–H and O–H groups in total. The second-order valence-corrected chi connectivity index (χ2v) is 9.67. The third kappa shape index (κ3) is 4.34. The number of hydrogen-bond acceptors (Lipinski definition) is 5. The maximum Gasteiger partial charge on any atom is 0.163 e. The Morgan fingerprint density at radius 2 is 1.87 bits per heavy atom. The lowest BCUT2D eigenvalue weighted by Gasteiger charge is -2.32. The van der Waals surface area contributed by atoms with Gasteiger partial charge in [-0.3, -0.25) is 0 Å². The quantitative estimate of drug-likeness (QED) is 0.562. The molecular formula is C26H37N3O2. The van der Waals surface area contributed by atoms with Crippen LogP contribution in [0.3, 0.4) is 0 Å². The van der Waals surface area contributed by atoms with Gasteiger partial charge in [-0.2, -0.15) is 0 Å². The molecular weight excluding hydrogens is 386 g/mol. The summed E-state index contributed by atoms with van der Waals surface area (Å²) in [6.45, 7) is 6.63. The number of hydrogen-bond donors (Lipinski definition) is 1. The largest absolute Gasteiger partial charge is 0.493 e. The minimum absolute atomic E-state index is 0.489. The summed E-state index contributed by atoms with van der Waals surface area (Å²) in [5.74, 6) is 3.54. The number of aryl methyl sites for hydroxylation is 1. The molecule has 168 valence electrons. The van der Waals surface area contributed by atoms with Gasteiger partial charge in [0.25, 0.3) is 0 Å². The summed E-state index contributed by atoms with van der Waals surface area (Å²) in [6.07, 6.45) is 11.2. The first kappa shape index (κ1) is 20.9. The van der Waals surface area contributed by atoms with Gasteiger partial charge in [-0.25, -0.2) is 4.98 Å². The Labute approximate surface area is 186 Å². The van der Waals surface area contributed by atoms with Crippen molar-refractivity contribution >= 4 is 16.7 Å². The van der Waals surface area contributed by atoms with E-state index in [1.54, 1.807) is 7.11 Å². The molecule has 0 amide bonds. The molecule has 2 aliphatic carbocycles. The van der Waals surface area contributed by atoms with Gasteiger partial charge in [0.2, 0.25) is 0 Å². The van der Waals surface area contributed by atoms with E-state index in [9.17, 15) is 0 Å². The lowest BCUT2D eigenvalue weighted by Crippen LogP contribution is -2.31. The smallest absolute Gasteiger partial charge is 0.163 e. The standard InChI is InChI=1S/C26H37N3O2/c1-18(19-8-5-9-19)27-26-21-11-6-10-20(21)22-16-24(30-2)25(17-23(22)28-26)31-15-7-14-29-12-3-4-13-29/h16-19H,3-15H2,1-2H3,(H,27,28). The molecule has 0 bridgehead atoms. The highest BCUT2D eigenvalue weighted by Gasteiger charge is 2.27. The average Bonchev–Trinajstić information content (AvgIpc) is 3.41. The van der Waals surface area contributed by atoms with Gasteiger partial charge in [0.05, 0.1) is 19.2 Å². The Morgan fingerprint density at radius 3 is 2.61 bits per heavy atom. The van der Waals surface area contributed by atoms with E-state index in [0.717, 1.165) is 54.6 Å². The van der Waals surface area contributed by atoms with Crippen molar-refractivity contribution in [3.8, 4) is 11.5 Å². The van der Waals surface area contributed by atoms with Crippen molar-refractivity contribution in [2.75, 3.05) is 38.7 Å². The predicted molar refractivity (Wildman–Crippen MR) is 127 cm³/mol. The van der Waals surface area contributed by atoms with Crippen LogP contribution in [0.15, 0.2) is 12.1 Å². The van der Waals surface area contributed by atoms with E-state index in [-0.39, 0.29) is 0 Å². The summed E-state index contributed by atoms with van der Waals surface area (Å²) >= 11 is 0. The molecule has 5 heteroatoms. The number of anilines is 1. The van der Waals surface area contributed by atoms with Crippen LogP contribution in [-0.2, 0) is 12.8 Å². The first-order valence-electron chi connectivity index (χ1n) is 12.4. The first-order chi connectivity index (χ1) is 15.2. The van der Waals surface area contributed by atoms with Crippen LogP contribution >= 0.6 is 0 Å². The van der Waals surface area contributed by atoms with Crippen LogP contribution in [0.2, 0.25) is 0 Å². The predicted octanol–water partition coefficient (Wildman–Crippen LogP) is 5.20. The van der Waals surface area contributed by atoms with Crippen molar-refractivity contribution < 1.29 is 9.47 Å². The summed E-state index contributed by atoms with van der Waals surface area (Å²) in [5, 5.41) is 5.01. The molecule has 0 radical (unpaired) electrons. The lowest BCUT2D eigenvalue weighted by molar-refractivity contribution is 0.254. The van der Waals surface area contributed by atoms with Gasteiger partial charge in [0.1, 0.15) is 5.82 Å². The molecule has 3 aliphatic rings. The maximum atomic E-state index is 6.19. The molecule has 0 spiro atoms. The molecule has 2 heterocycles. The van der Waals surface area contributed by atoms with E-state index in [0.29, 0.717) is 12.6 Å². The Morgan fingerprint density at radius 1 is 1.06 bits per heavy atom. The molecule has 1 aromatic heterocycles. The van der Waals surface area contributed by atoms with Crippen molar-refractivity contribution in [2.45, 2.75) is 70.8 Å². The van der Waals surface area contributed by atoms with Gasteiger partial charge in [-0.15, -0.1) is 0 Å². The molecule has 5 nitrogen and oxygen atoms in total. The van der Waals surface area contributed by atoms with E-state index < -0.39 is 0 Å². The van der Waals surface area contributed by atoms with E-state index in [1.165, 1.54) is 68.1 Å². The Hall–Kier alpha value is -2.01. The number of aromatic nitrogens is 1. The van der Waals surface area contributed by atoms with Gasteiger partial charge >= 0.3 is 0 Å². The third-order valence-corrected chi connectivity index (χ3v) is 7.64. The highest BCUT2D eigenvalue weighted by molar-refractivity contribution is 5.89. The topological polar surface area (TPSA) is 46.6 Å². The molecule has 1 saturated carbocycles. The second-order valence-electron chi connectivity index (χ2n) is 9.67. The minimum atomic E-state index is 0.489. The van der Waals surface area contributed by atoms with E-state index >= 15 is 0 Å². The van der Waals surface area contributed by atoms with Crippen molar-refractivity contribution in [2.24, 2.45) is 5.92 Å². The molecule has 1 aliphatic heterocycles. The van der Waals surface area contributed by atoms with Gasteiger partial charge < -0.3 is 19.7 Å². The average molecular weight is 424 g/mol. The summed E-state index contributed by atoms with van der Waals surface area (Å²) in [7, 11) is 1.74. The van der Waals surface area contributed by atoms with Crippen LogP contribution in [-0.4, -0.2) is 49.3 Å². The number of ether oxygens (including phenoxy) is 2. The van der Waals surface area contributed by atoms with Gasteiger partial charge in [-0.05, 0) is 94.5 Å². The third-order valence-electron chi connectivity index (χ3n) is 7.64. The van der Waals surface area contributed by atoms with Crippen molar-refractivity contribution in [1.29, 1.82) is 0 Å². The Kier molecular flexibility index (Phi) is 6.22. The number of benzene rings is 1. The van der Waals surface area contributed by atoms with Crippen molar-refractivity contribution in [1.82, 2.24) is 9.88 Å². The number of pyridine rings is 1. The van der Waals surface area contributed by atoms with Crippen LogP contribution in [0, 0.1) is 5.92 Å². The Bertz CT molecular complexity index is 919. The van der Waals surface area contributed by atoms with Crippen molar-refractivity contribution in [3.05, 3.63) is 23.3 Å². The van der Waals surface area contributed by atoms with E-state index in [2.05, 4.69) is 29.3 Å². The molecule has 2 aromatic rings. The number of likely N-dealkylation sites (tertiary alicyclic amines) is 1. The zero-order valence-corrected chi connectivity index (χ0v) is 19.2. The molecule has 5 rings (SSSR count). The second kappa shape index (κ2) is 9.23. The highest BCUT2D eigenvalue weighted by atomic mass is 16.5. The van der Waals surface area contributed by atoms with E-state index in [1.807, 2.05) is 0 Å². The highest BCUT2D eigenvalue weighted by Crippen LogP contribution is 2.40. The number of fused-ring (bicyclic) bond motifs is 3. The number of nitrogens with zero attached hydrogens (tertiary/aromatic N) is 2. The van der Waals surface area contributed by atoms with Crippen LogP contribution in [0.1, 0.15) is 63.0 Å². The summed E-state index contributed by atoms with van der Waals surface area (Å²) in [6, 6.07) is 4.74. The molecule has 1 unspecified atom stereocenters. The fourth-order valence-electron chi connectivity index (χ4n) is 5.52. The number of methoxy groups -OCH3 is 1. The summed E-state index contributed by atoms with van der Waals surface area (Å²) in [5.41, 5.74) is 3.89. The number of rotatable bonds is 9. The van der Waals surface area contributed by atoms with Gasteiger partial charge in [0, 0.05) is 24.0 Å². The molecule has 2 fully saturated rings. The van der Waals surface area contributed by atoms with Gasteiger partial charge in [0.15, 0.2) is 11.5 Å². The fourth-order valence-corrected chi connectivity index (χ4v) is 5.52. The molecule has 1 aromatic carbocycles. The normalized spacial score (nSPS) is 19.9. The van der Waals surface area contributed by atoms with Crippen LogP contribution in [0.25, 0.3) is 10.9 Å². The fraction of sp³-hybridized carbons (Fsp3) is 0.654. The SMILES string of the molecule is COc1cc2c3c(c(NC(C)C4CCC4)nc2cc1OCCCN1CCCC1)CCC3. The summed E-state index contributed by atoms with van der Waals surface area (Å²) in [4.78, 5) is 7.63. The van der Waals surface area contributed by atoms with Gasteiger partial charge in [-0.1, -0.05) is 6.42 Å². The van der Waals surface area contributed by atoms with Crippen LogP contribution in [0.5, 0.6) is 11.5 Å². The molecule has 31 heavy (non-hydrogen) atoms. The van der Waals surface area contributed by atoms with Crippen LogP contribution < -0.4 is 14.8 Å². The monoisotopic (exact) mass is 423 g/mol.